The zero-order valence-corrected chi connectivity index (χ0v) is 12.1. The van der Waals surface area contributed by atoms with E-state index in [1.165, 1.54) is 10.9 Å². The molecule has 0 saturated heterocycles. The molecule has 0 spiro atoms. The SMILES string of the molecule is CCN(CC)CCn1ccc2ccc(Br)cc21. The van der Waals surface area contributed by atoms with E-state index in [9.17, 15) is 0 Å². The van der Waals surface area contributed by atoms with Gasteiger partial charge in [-0.25, -0.2) is 0 Å². The van der Waals surface area contributed by atoms with E-state index in [4.69, 9.17) is 0 Å². The van der Waals surface area contributed by atoms with Crippen LogP contribution in [-0.2, 0) is 6.54 Å². The quantitative estimate of drug-likeness (QED) is 0.815. The number of rotatable bonds is 5. The summed E-state index contributed by atoms with van der Waals surface area (Å²) in [6.45, 7) is 8.85. The predicted octanol–water partition coefficient (Wildman–Crippen LogP) is 3.75. The fraction of sp³-hybridized carbons (Fsp3) is 0.429. The molecular weight excluding hydrogens is 276 g/mol. The van der Waals surface area contributed by atoms with Gasteiger partial charge in [-0.3, -0.25) is 0 Å². The van der Waals surface area contributed by atoms with Crippen LogP contribution in [0.1, 0.15) is 13.8 Å². The lowest BCUT2D eigenvalue weighted by Crippen LogP contribution is -2.26. The van der Waals surface area contributed by atoms with Crippen LogP contribution in [0.25, 0.3) is 10.9 Å². The molecular formula is C14H19BrN2. The fourth-order valence-corrected chi connectivity index (χ4v) is 2.49. The van der Waals surface area contributed by atoms with Crippen molar-refractivity contribution in [2.24, 2.45) is 0 Å². The van der Waals surface area contributed by atoms with Crippen LogP contribution in [0.15, 0.2) is 34.9 Å². The molecule has 0 atom stereocenters. The van der Waals surface area contributed by atoms with Gasteiger partial charge >= 0.3 is 0 Å². The number of hydrogen-bond donors (Lipinski definition) is 0. The summed E-state index contributed by atoms with van der Waals surface area (Å²) < 4.78 is 3.48. The van der Waals surface area contributed by atoms with E-state index in [-0.39, 0.29) is 0 Å². The Hall–Kier alpha value is -0.800. The molecule has 0 saturated carbocycles. The van der Waals surface area contributed by atoms with E-state index in [1.807, 2.05) is 0 Å². The minimum atomic E-state index is 1.06. The smallest absolute Gasteiger partial charge is 0.0492 e. The van der Waals surface area contributed by atoms with Crippen molar-refractivity contribution in [1.29, 1.82) is 0 Å². The van der Waals surface area contributed by atoms with Crippen LogP contribution in [0.5, 0.6) is 0 Å². The molecule has 0 N–H and O–H groups in total. The van der Waals surface area contributed by atoms with Crippen molar-refractivity contribution in [3.63, 3.8) is 0 Å². The van der Waals surface area contributed by atoms with Crippen LogP contribution in [0.4, 0.5) is 0 Å². The maximum atomic E-state index is 3.53. The van der Waals surface area contributed by atoms with Crippen LogP contribution in [0, 0.1) is 0 Å². The maximum absolute atomic E-state index is 3.53. The first-order chi connectivity index (χ1) is 8.24. The van der Waals surface area contributed by atoms with E-state index in [0.29, 0.717) is 0 Å². The highest BCUT2D eigenvalue weighted by molar-refractivity contribution is 9.10. The molecule has 0 radical (unpaired) electrons. The Bertz CT molecular complexity index is 486. The van der Waals surface area contributed by atoms with E-state index in [2.05, 4.69) is 69.7 Å². The average Bonchev–Trinajstić information content (AvgIpc) is 2.73. The molecule has 0 aliphatic heterocycles. The van der Waals surface area contributed by atoms with Gasteiger partial charge in [-0.2, -0.15) is 0 Å². The van der Waals surface area contributed by atoms with Gasteiger partial charge < -0.3 is 9.47 Å². The Labute approximate surface area is 111 Å². The molecule has 0 fully saturated rings. The molecule has 2 rings (SSSR count). The molecule has 1 aromatic carbocycles. The molecule has 2 nitrogen and oxygen atoms in total. The van der Waals surface area contributed by atoms with Crippen LogP contribution >= 0.6 is 15.9 Å². The number of aromatic nitrogens is 1. The van der Waals surface area contributed by atoms with Crippen molar-refractivity contribution in [1.82, 2.24) is 9.47 Å². The van der Waals surface area contributed by atoms with Gasteiger partial charge in [0.05, 0.1) is 0 Å². The number of fused-ring (bicyclic) bond motifs is 1. The zero-order valence-electron chi connectivity index (χ0n) is 10.5. The molecule has 0 aliphatic carbocycles. The first kappa shape index (κ1) is 12.7. The standard InChI is InChI=1S/C14H19BrN2/c1-3-16(4-2)9-10-17-8-7-12-5-6-13(15)11-14(12)17/h5-8,11H,3-4,9-10H2,1-2H3. The second kappa shape index (κ2) is 5.69. The van der Waals surface area contributed by atoms with Gasteiger partial charge in [-0.1, -0.05) is 35.8 Å². The largest absolute Gasteiger partial charge is 0.346 e. The van der Waals surface area contributed by atoms with Crippen molar-refractivity contribution in [3.05, 3.63) is 34.9 Å². The lowest BCUT2D eigenvalue weighted by molar-refractivity contribution is 0.292. The predicted molar refractivity (Wildman–Crippen MR) is 77.4 cm³/mol. The Balaban J connectivity index is 2.16. The second-order valence-electron chi connectivity index (χ2n) is 4.24. The van der Waals surface area contributed by atoms with E-state index < -0.39 is 0 Å². The summed E-state index contributed by atoms with van der Waals surface area (Å²) in [6, 6.07) is 8.63. The summed E-state index contributed by atoms with van der Waals surface area (Å²) in [7, 11) is 0. The number of halogens is 1. The average molecular weight is 295 g/mol. The minimum Gasteiger partial charge on any atom is -0.346 e. The van der Waals surface area contributed by atoms with Crippen LogP contribution in [-0.4, -0.2) is 29.1 Å². The van der Waals surface area contributed by atoms with Crippen molar-refractivity contribution in [3.8, 4) is 0 Å². The third kappa shape index (κ3) is 2.90. The topological polar surface area (TPSA) is 8.17 Å². The van der Waals surface area contributed by atoms with E-state index in [0.717, 1.165) is 30.7 Å². The van der Waals surface area contributed by atoms with E-state index in [1.54, 1.807) is 0 Å². The summed E-state index contributed by atoms with van der Waals surface area (Å²) in [5.41, 5.74) is 1.31. The minimum absolute atomic E-state index is 1.06. The molecule has 17 heavy (non-hydrogen) atoms. The number of hydrogen-bond acceptors (Lipinski definition) is 1. The Morgan fingerprint density at radius 3 is 2.65 bits per heavy atom. The highest BCUT2D eigenvalue weighted by Gasteiger charge is 2.03. The number of nitrogens with zero attached hydrogens (tertiary/aromatic N) is 2. The number of benzene rings is 1. The molecule has 0 unspecified atom stereocenters. The monoisotopic (exact) mass is 294 g/mol. The maximum Gasteiger partial charge on any atom is 0.0492 e. The van der Waals surface area contributed by atoms with Gasteiger partial charge in [0, 0.05) is 29.3 Å². The van der Waals surface area contributed by atoms with Gasteiger partial charge in [0.25, 0.3) is 0 Å². The molecule has 0 aliphatic rings. The van der Waals surface area contributed by atoms with Gasteiger partial charge in [-0.05, 0) is 36.7 Å². The summed E-state index contributed by atoms with van der Waals surface area (Å²) in [5.74, 6) is 0. The molecule has 2 aromatic rings. The molecule has 92 valence electrons. The van der Waals surface area contributed by atoms with E-state index >= 15 is 0 Å². The van der Waals surface area contributed by atoms with Crippen LogP contribution in [0.2, 0.25) is 0 Å². The molecule has 3 heteroatoms. The Morgan fingerprint density at radius 1 is 1.18 bits per heavy atom. The second-order valence-corrected chi connectivity index (χ2v) is 5.15. The van der Waals surface area contributed by atoms with Crippen molar-refractivity contribution in [2.75, 3.05) is 19.6 Å². The Morgan fingerprint density at radius 2 is 1.94 bits per heavy atom. The first-order valence-corrected chi connectivity index (χ1v) is 7.00. The lowest BCUT2D eigenvalue weighted by atomic mass is 10.2. The summed E-state index contributed by atoms with van der Waals surface area (Å²) >= 11 is 3.53. The third-order valence-corrected chi connectivity index (χ3v) is 3.78. The van der Waals surface area contributed by atoms with Crippen molar-refractivity contribution >= 4 is 26.8 Å². The third-order valence-electron chi connectivity index (χ3n) is 3.29. The normalized spacial score (nSPS) is 11.5. The van der Waals surface area contributed by atoms with Gasteiger partial charge in [0.2, 0.25) is 0 Å². The molecule has 0 bridgehead atoms. The van der Waals surface area contributed by atoms with Gasteiger partial charge in [0.15, 0.2) is 0 Å². The van der Waals surface area contributed by atoms with Gasteiger partial charge in [-0.15, -0.1) is 0 Å². The molecule has 0 amide bonds. The Kier molecular flexibility index (Phi) is 4.24. The molecule has 1 aromatic heterocycles. The highest BCUT2D eigenvalue weighted by Crippen LogP contribution is 2.20. The summed E-state index contributed by atoms with van der Waals surface area (Å²) in [6.07, 6.45) is 2.18. The van der Waals surface area contributed by atoms with Crippen molar-refractivity contribution < 1.29 is 0 Å². The van der Waals surface area contributed by atoms with Crippen LogP contribution in [0.3, 0.4) is 0 Å². The zero-order chi connectivity index (χ0) is 12.3. The van der Waals surface area contributed by atoms with Crippen molar-refractivity contribution in [2.45, 2.75) is 20.4 Å². The summed E-state index contributed by atoms with van der Waals surface area (Å²) in [4.78, 5) is 2.45. The van der Waals surface area contributed by atoms with Crippen LogP contribution < -0.4 is 0 Å². The van der Waals surface area contributed by atoms with Gasteiger partial charge in [0.1, 0.15) is 0 Å². The lowest BCUT2D eigenvalue weighted by Gasteiger charge is -2.18. The number of likely N-dealkylation sites (N-methyl/N-ethyl adjacent to an activating group) is 1. The highest BCUT2D eigenvalue weighted by atomic mass is 79.9. The first-order valence-electron chi connectivity index (χ1n) is 6.21. The summed E-state index contributed by atoms with van der Waals surface area (Å²) in [5, 5.41) is 1.31. The fourth-order valence-electron chi connectivity index (χ4n) is 2.14. The molecule has 1 heterocycles.